The molecule has 1 heterocycles. The summed E-state index contributed by atoms with van der Waals surface area (Å²) in [4.78, 5) is 35.8. The zero-order valence-electron chi connectivity index (χ0n) is 13.0. The first kappa shape index (κ1) is 17.3. The fourth-order valence-electron chi connectivity index (χ4n) is 2.62. The number of hydrogen-bond acceptors (Lipinski definition) is 3. The molecule has 0 spiro atoms. The number of rotatable bonds is 5. The van der Waals surface area contributed by atoms with E-state index in [1.54, 1.807) is 0 Å². The molecule has 0 bridgehead atoms. The van der Waals surface area contributed by atoms with E-state index in [0.717, 1.165) is 4.90 Å². The number of carboxylic acids is 1. The minimum Gasteiger partial charge on any atom is -0.480 e. The molecule has 0 saturated carbocycles. The van der Waals surface area contributed by atoms with E-state index < -0.39 is 18.0 Å². The van der Waals surface area contributed by atoms with Crippen LogP contribution in [0.5, 0.6) is 0 Å². The first-order valence-corrected chi connectivity index (χ1v) is 7.28. The Morgan fingerprint density at radius 1 is 1.33 bits per heavy atom. The number of amides is 3. The summed E-state index contributed by atoms with van der Waals surface area (Å²) in [6.45, 7) is 8.54. The van der Waals surface area contributed by atoms with E-state index in [2.05, 4.69) is 38.3 Å². The molecule has 1 atom stereocenters. The molecule has 7 heteroatoms. The van der Waals surface area contributed by atoms with Gasteiger partial charge in [-0.1, -0.05) is 27.7 Å². The molecule has 1 saturated heterocycles. The van der Waals surface area contributed by atoms with Crippen molar-refractivity contribution in [2.24, 2.45) is 17.8 Å². The van der Waals surface area contributed by atoms with Gasteiger partial charge in [-0.15, -0.1) is 0 Å². The van der Waals surface area contributed by atoms with Crippen molar-refractivity contribution in [1.82, 2.24) is 15.5 Å². The van der Waals surface area contributed by atoms with Crippen molar-refractivity contribution in [3.05, 3.63) is 0 Å². The maximum Gasteiger partial charge on any atom is 0.328 e. The monoisotopic (exact) mass is 299 g/mol. The largest absolute Gasteiger partial charge is 0.480 e. The second-order valence-electron chi connectivity index (χ2n) is 6.12. The zero-order chi connectivity index (χ0) is 16.2. The number of piperazine rings is 1. The van der Waals surface area contributed by atoms with Crippen LogP contribution in [0.15, 0.2) is 0 Å². The highest BCUT2D eigenvalue weighted by Crippen LogP contribution is 2.19. The van der Waals surface area contributed by atoms with E-state index >= 15 is 0 Å². The summed E-state index contributed by atoms with van der Waals surface area (Å²) in [6.07, 6.45) is 0. The molecule has 3 N–H and O–H groups in total. The van der Waals surface area contributed by atoms with E-state index in [0.29, 0.717) is 24.3 Å². The zero-order valence-corrected chi connectivity index (χ0v) is 13.0. The lowest BCUT2D eigenvalue weighted by atomic mass is 9.85. The van der Waals surface area contributed by atoms with Gasteiger partial charge in [-0.25, -0.2) is 9.59 Å². The highest BCUT2D eigenvalue weighted by atomic mass is 16.4. The van der Waals surface area contributed by atoms with Crippen molar-refractivity contribution >= 4 is 17.9 Å². The van der Waals surface area contributed by atoms with Gasteiger partial charge in [-0.3, -0.25) is 9.69 Å². The number of hydrogen-bond donors (Lipinski definition) is 3. The Labute approximate surface area is 125 Å². The first-order valence-electron chi connectivity index (χ1n) is 7.28. The Kier molecular flexibility index (Phi) is 5.99. The Morgan fingerprint density at radius 3 is 2.38 bits per heavy atom. The normalized spacial score (nSPS) is 19.1. The standard InChI is InChI=1S/C14H25N3O4/c1-8(2)10(9(3)4)5-16-14(21)17-7-12(18)15-6-11(17)13(19)20/h8-11H,5-7H2,1-4H3,(H,15,18)(H,16,21)(H,19,20). The number of aliphatic carboxylic acids is 1. The van der Waals surface area contributed by atoms with Crippen molar-refractivity contribution in [2.45, 2.75) is 33.7 Å². The summed E-state index contributed by atoms with van der Waals surface area (Å²) >= 11 is 0. The Morgan fingerprint density at radius 2 is 1.90 bits per heavy atom. The van der Waals surface area contributed by atoms with Gasteiger partial charge in [-0.2, -0.15) is 0 Å². The van der Waals surface area contributed by atoms with Crippen LogP contribution in [0, 0.1) is 17.8 Å². The fourth-order valence-corrected chi connectivity index (χ4v) is 2.62. The van der Waals surface area contributed by atoms with Crippen molar-refractivity contribution in [1.29, 1.82) is 0 Å². The fraction of sp³-hybridized carbons (Fsp3) is 0.786. The quantitative estimate of drug-likeness (QED) is 0.689. The average molecular weight is 299 g/mol. The smallest absolute Gasteiger partial charge is 0.328 e. The summed E-state index contributed by atoms with van der Waals surface area (Å²) in [5.74, 6) is -0.340. The van der Waals surface area contributed by atoms with Crippen molar-refractivity contribution in [3.63, 3.8) is 0 Å². The number of nitrogens with zero attached hydrogens (tertiary/aromatic N) is 1. The number of urea groups is 1. The molecular weight excluding hydrogens is 274 g/mol. The van der Waals surface area contributed by atoms with Crippen LogP contribution < -0.4 is 10.6 Å². The number of carbonyl (C=O) groups excluding carboxylic acids is 2. The van der Waals surface area contributed by atoms with Crippen LogP contribution in [0.4, 0.5) is 4.79 Å². The van der Waals surface area contributed by atoms with Crippen LogP contribution in [0.3, 0.4) is 0 Å². The Balaban J connectivity index is 2.67. The van der Waals surface area contributed by atoms with Gasteiger partial charge < -0.3 is 15.7 Å². The molecule has 0 aromatic carbocycles. The summed E-state index contributed by atoms with van der Waals surface area (Å²) < 4.78 is 0. The number of carbonyl (C=O) groups is 3. The van der Waals surface area contributed by atoms with Gasteiger partial charge in [0, 0.05) is 13.1 Å². The van der Waals surface area contributed by atoms with Gasteiger partial charge in [-0.05, 0) is 17.8 Å². The Bertz CT molecular complexity index is 401. The Hall–Kier alpha value is -1.79. The average Bonchev–Trinajstić information content (AvgIpc) is 2.37. The number of carboxylic acid groups (broad SMARTS) is 1. The third kappa shape index (κ3) is 4.61. The van der Waals surface area contributed by atoms with Crippen LogP contribution in [0.2, 0.25) is 0 Å². The number of nitrogens with one attached hydrogen (secondary N) is 2. The van der Waals surface area contributed by atoms with Gasteiger partial charge in [0.1, 0.15) is 12.6 Å². The molecule has 0 aromatic heterocycles. The van der Waals surface area contributed by atoms with Gasteiger partial charge >= 0.3 is 12.0 Å². The first-order chi connectivity index (χ1) is 9.73. The SMILES string of the molecule is CC(C)C(CNC(=O)N1CC(=O)NCC1C(=O)O)C(C)C. The lowest BCUT2D eigenvalue weighted by Gasteiger charge is -2.33. The summed E-state index contributed by atoms with van der Waals surface area (Å²) in [7, 11) is 0. The van der Waals surface area contributed by atoms with Gasteiger partial charge in [0.2, 0.25) is 5.91 Å². The summed E-state index contributed by atoms with van der Waals surface area (Å²) in [6, 6.07) is -1.51. The predicted octanol–water partition coefficient (Wildman–Crippen LogP) is 0.509. The molecule has 1 unspecified atom stereocenters. The lowest BCUT2D eigenvalue weighted by Crippen LogP contribution is -2.61. The van der Waals surface area contributed by atoms with E-state index in [1.165, 1.54) is 0 Å². The van der Waals surface area contributed by atoms with Crippen LogP contribution >= 0.6 is 0 Å². The van der Waals surface area contributed by atoms with Crippen LogP contribution in [-0.4, -0.2) is 53.6 Å². The van der Waals surface area contributed by atoms with Crippen LogP contribution in [0.1, 0.15) is 27.7 Å². The topological polar surface area (TPSA) is 98.7 Å². The molecule has 1 rings (SSSR count). The molecular formula is C14H25N3O4. The van der Waals surface area contributed by atoms with E-state index in [4.69, 9.17) is 5.11 Å². The molecule has 1 aliphatic heterocycles. The van der Waals surface area contributed by atoms with Crippen molar-refractivity contribution in [3.8, 4) is 0 Å². The second-order valence-corrected chi connectivity index (χ2v) is 6.12. The summed E-state index contributed by atoms with van der Waals surface area (Å²) in [5, 5.41) is 14.3. The van der Waals surface area contributed by atoms with Gasteiger partial charge in [0.15, 0.2) is 0 Å². The molecule has 1 aliphatic rings. The molecule has 3 amide bonds. The van der Waals surface area contributed by atoms with E-state index in [-0.39, 0.29) is 19.0 Å². The molecule has 0 radical (unpaired) electrons. The summed E-state index contributed by atoms with van der Waals surface area (Å²) in [5.41, 5.74) is 0. The van der Waals surface area contributed by atoms with E-state index in [1.807, 2.05) is 0 Å². The molecule has 0 aromatic rings. The van der Waals surface area contributed by atoms with Gasteiger partial charge in [0.25, 0.3) is 0 Å². The molecule has 1 fully saturated rings. The minimum atomic E-state index is -1.12. The van der Waals surface area contributed by atoms with Crippen molar-refractivity contribution < 1.29 is 19.5 Å². The van der Waals surface area contributed by atoms with Gasteiger partial charge in [0.05, 0.1) is 0 Å². The maximum absolute atomic E-state index is 12.2. The minimum absolute atomic E-state index is 0.0562. The third-order valence-electron chi connectivity index (χ3n) is 3.93. The van der Waals surface area contributed by atoms with E-state index in [9.17, 15) is 14.4 Å². The molecule has 21 heavy (non-hydrogen) atoms. The maximum atomic E-state index is 12.2. The highest BCUT2D eigenvalue weighted by molar-refractivity contribution is 5.90. The molecule has 120 valence electrons. The van der Waals surface area contributed by atoms with Crippen molar-refractivity contribution in [2.75, 3.05) is 19.6 Å². The second kappa shape index (κ2) is 7.28. The lowest BCUT2D eigenvalue weighted by molar-refractivity contribution is -0.144. The third-order valence-corrected chi connectivity index (χ3v) is 3.93. The molecule has 0 aliphatic carbocycles. The highest BCUT2D eigenvalue weighted by Gasteiger charge is 2.35. The molecule has 7 nitrogen and oxygen atoms in total. The van der Waals surface area contributed by atoms with Crippen LogP contribution in [0.25, 0.3) is 0 Å². The predicted molar refractivity (Wildman–Crippen MR) is 77.7 cm³/mol. The van der Waals surface area contributed by atoms with Crippen LogP contribution in [-0.2, 0) is 9.59 Å².